The number of halogens is 3. The van der Waals surface area contributed by atoms with Crippen LogP contribution in [0.25, 0.3) is 0 Å². The van der Waals surface area contributed by atoms with Gasteiger partial charge in [-0.1, -0.05) is 13.8 Å². The van der Waals surface area contributed by atoms with Crippen LogP contribution in [0.1, 0.15) is 46.0 Å². The van der Waals surface area contributed by atoms with Gasteiger partial charge in [-0.2, -0.15) is 13.2 Å². The molecule has 0 aromatic heterocycles. The molecule has 3 rings (SSSR count). The van der Waals surface area contributed by atoms with E-state index in [4.69, 9.17) is 9.47 Å². The number of anilines is 1. The molecule has 1 aliphatic heterocycles. The molecular weight excluding hydrogens is 399 g/mol. The van der Waals surface area contributed by atoms with Crippen molar-refractivity contribution in [1.82, 2.24) is 0 Å². The second-order valence-corrected chi connectivity index (χ2v) is 9.02. The molecular formula is C22H30F3NO4. The molecule has 2 fully saturated rings. The Morgan fingerprint density at radius 2 is 1.73 bits per heavy atom. The van der Waals surface area contributed by atoms with Crippen molar-refractivity contribution in [2.75, 3.05) is 31.3 Å². The van der Waals surface area contributed by atoms with E-state index in [2.05, 4.69) is 13.8 Å². The summed E-state index contributed by atoms with van der Waals surface area (Å²) in [7, 11) is 0. The Hall–Kier alpha value is -1.80. The molecule has 0 unspecified atom stereocenters. The molecule has 1 heterocycles. The molecule has 1 saturated carbocycles. The predicted molar refractivity (Wildman–Crippen MR) is 106 cm³/mol. The third-order valence-corrected chi connectivity index (χ3v) is 6.02. The average molecular weight is 429 g/mol. The molecule has 1 aliphatic carbocycles. The summed E-state index contributed by atoms with van der Waals surface area (Å²) in [5.74, 6) is 0.539. The largest absolute Gasteiger partial charge is 0.484 e. The van der Waals surface area contributed by atoms with Crippen LogP contribution in [-0.2, 0) is 9.53 Å². The highest BCUT2D eigenvalue weighted by molar-refractivity contribution is 6.00. The maximum Gasteiger partial charge on any atom is 0.422 e. The highest BCUT2D eigenvalue weighted by Gasteiger charge is 2.51. The minimum Gasteiger partial charge on any atom is -0.484 e. The van der Waals surface area contributed by atoms with E-state index in [0.717, 1.165) is 0 Å². The lowest BCUT2D eigenvalue weighted by molar-refractivity contribution is -0.153. The highest BCUT2D eigenvalue weighted by Crippen LogP contribution is 2.48. The zero-order chi connectivity index (χ0) is 22.0. The van der Waals surface area contributed by atoms with Crippen LogP contribution >= 0.6 is 0 Å². The van der Waals surface area contributed by atoms with E-state index in [9.17, 15) is 23.1 Å². The Labute approximate surface area is 175 Å². The number of hydrogen-bond acceptors (Lipinski definition) is 4. The van der Waals surface area contributed by atoms with Crippen LogP contribution < -0.4 is 9.64 Å². The molecule has 0 bridgehead atoms. The second kappa shape index (κ2) is 8.75. The van der Waals surface area contributed by atoms with Gasteiger partial charge in [-0.15, -0.1) is 0 Å². The molecule has 1 N–H and O–H groups in total. The maximum atomic E-state index is 13.2. The first-order valence-electron chi connectivity index (χ1n) is 10.4. The summed E-state index contributed by atoms with van der Waals surface area (Å²) in [5, 5.41) is 10.8. The zero-order valence-corrected chi connectivity index (χ0v) is 17.5. The minimum absolute atomic E-state index is 0.0246. The van der Waals surface area contributed by atoms with E-state index in [0.29, 0.717) is 63.5 Å². The molecule has 1 amide bonds. The van der Waals surface area contributed by atoms with Crippen LogP contribution in [0.3, 0.4) is 0 Å². The van der Waals surface area contributed by atoms with Gasteiger partial charge in [0.05, 0.1) is 17.6 Å². The van der Waals surface area contributed by atoms with Gasteiger partial charge >= 0.3 is 6.18 Å². The van der Waals surface area contributed by atoms with Crippen LogP contribution in [0.5, 0.6) is 5.75 Å². The first kappa shape index (κ1) is 22.9. The Balaban J connectivity index is 1.57. The van der Waals surface area contributed by atoms with Crippen molar-refractivity contribution in [2.24, 2.45) is 11.3 Å². The Morgan fingerprint density at radius 3 is 2.30 bits per heavy atom. The number of nitrogens with zero attached hydrogens (tertiary/aromatic N) is 1. The summed E-state index contributed by atoms with van der Waals surface area (Å²) >= 11 is 0. The molecule has 0 atom stereocenters. The molecule has 1 spiro atoms. The molecule has 0 radical (unpaired) electrons. The van der Waals surface area contributed by atoms with Crippen LogP contribution in [-0.4, -0.2) is 49.2 Å². The van der Waals surface area contributed by atoms with Crippen molar-refractivity contribution in [3.8, 4) is 5.75 Å². The predicted octanol–water partition coefficient (Wildman–Crippen LogP) is 4.33. The van der Waals surface area contributed by atoms with Gasteiger partial charge in [0, 0.05) is 18.8 Å². The molecule has 1 saturated heterocycles. The normalized spacial score (nSPS) is 27.3. The SMILES string of the molecule is CC(C)COC[C@]1(O)CC[C@]2(CCN(c3ccc(OCC(F)(F)F)cc3)C2=O)CC1. The number of carbonyl (C=O) groups is 1. The smallest absolute Gasteiger partial charge is 0.422 e. The Kier molecular flexibility index (Phi) is 6.67. The van der Waals surface area contributed by atoms with Gasteiger partial charge in [0.15, 0.2) is 6.61 Å². The van der Waals surface area contributed by atoms with E-state index < -0.39 is 23.8 Å². The number of aliphatic hydroxyl groups is 1. The number of carbonyl (C=O) groups excluding carboxylic acids is 1. The van der Waals surface area contributed by atoms with Crippen LogP contribution in [0.4, 0.5) is 18.9 Å². The van der Waals surface area contributed by atoms with Crippen molar-refractivity contribution < 1.29 is 32.5 Å². The van der Waals surface area contributed by atoms with Crippen molar-refractivity contribution in [2.45, 2.75) is 57.7 Å². The van der Waals surface area contributed by atoms with Gasteiger partial charge in [-0.05, 0) is 62.3 Å². The fourth-order valence-electron chi connectivity index (χ4n) is 4.24. The molecule has 168 valence electrons. The Bertz CT molecular complexity index is 725. The topological polar surface area (TPSA) is 59.0 Å². The summed E-state index contributed by atoms with van der Waals surface area (Å²) in [4.78, 5) is 14.9. The Morgan fingerprint density at radius 1 is 1.10 bits per heavy atom. The van der Waals surface area contributed by atoms with Crippen LogP contribution in [0, 0.1) is 11.3 Å². The van der Waals surface area contributed by atoms with Crippen molar-refractivity contribution >= 4 is 11.6 Å². The van der Waals surface area contributed by atoms with Crippen molar-refractivity contribution in [1.29, 1.82) is 0 Å². The summed E-state index contributed by atoms with van der Waals surface area (Å²) < 4.78 is 47.2. The lowest BCUT2D eigenvalue weighted by atomic mass is 9.68. The quantitative estimate of drug-likeness (QED) is 0.701. The minimum atomic E-state index is -4.39. The van der Waals surface area contributed by atoms with Crippen molar-refractivity contribution in [3.05, 3.63) is 24.3 Å². The summed E-state index contributed by atoms with van der Waals surface area (Å²) in [6.45, 7) is 4.22. The summed E-state index contributed by atoms with van der Waals surface area (Å²) in [5.41, 5.74) is -0.710. The van der Waals surface area contributed by atoms with E-state index in [1.165, 1.54) is 12.1 Å². The number of amides is 1. The number of alkyl halides is 3. The molecule has 30 heavy (non-hydrogen) atoms. The van der Waals surface area contributed by atoms with Gasteiger partial charge in [-0.25, -0.2) is 0 Å². The highest BCUT2D eigenvalue weighted by atomic mass is 19.4. The van der Waals surface area contributed by atoms with Gasteiger partial charge in [0.1, 0.15) is 5.75 Å². The third kappa shape index (κ3) is 5.46. The number of benzene rings is 1. The fourth-order valence-corrected chi connectivity index (χ4v) is 4.24. The van der Waals surface area contributed by atoms with Gasteiger partial charge in [0.25, 0.3) is 0 Å². The number of ether oxygens (including phenoxy) is 2. The number of hydrogen-bond donors (Lipinski definition) is 1. The molecule has 8 heteroatoms. The lowest BCUT2D eigenvalue weighted by Crippen LogP contribution is -2.45. The van der Waals surface area contributed by atoms with Gasteiger partial charge < -0.3 is 19.5 Å². The fraction of sp³-hybridized carbons (Fsp3) is 0.682. The average Bonchev–Trinajstić information content (AvgIpc) is 2.99. The maximum absolute atomic E-state index is 13.2. The van der Waals surface area contributed by atoms with Crippen LogP contribution in [0.2, 0.25) is 0 Å². The van der Waals surface area contributed by atoms with Crippen LogP contribution in [0.15, 0.2) is 24.3 Å². The molecule has 2 aliphatic rings. The molecule has 1 aromatic carbocycles. The lowest BCUT2D eigenvalue weighted by Gasteiger charge is -2.40. The van der Waals surface area contributed by atoms with E-state index in [1.54, 1.807) is 17.0 Å². The van der Waals surface area contributed by atoms with Gasteiger partial charge in [-0.3, -0.25) is 4.79 Å². The van der Waals surface area contributed by atoms with Crippen molar-refractivity contribution in [3.63, 3.8) is 0 Å². The standard InChI is InChI=1S/C22H30F3NO4/c1-16(2)13-29-14-21(28)9-7-20(8-10-21)11-12-26(19(20)27)17-3-5-18(6-4-17)30-15-22(23,24)25/h3-6,16,28H,7-15H2,1-2H3/t20-,21+. The third-order valence-electron chi connectivity index (χ3n) is 6.02. The molecule has 1 aromatic rings. The molecule has 5 nitrogen and oxygen atoms in total. The first-order valence-corrected chi connectivity index (χ1v) is 10.4. The van der Waals surface area contributed by atoms with E-state index in [1.807, 2.05) is 0 Å². The first-order chi connectivity index (χ1) is 14.0. The van der Waals surface area contributed by atoms with E-state index in [-0.39, 0.29) is 11.7 Å². The summed E-state index contributed by atoms with van der Waals surface area (Å²) in [6.07, 6.45) is -1.42. The second-order valence-electron chi connectivity index (χ2n) is 9.02. The monoisotopic (exact) mass is 429 g/mol. The zero-order valence-electron chi connectivity index (χ0n) is 17.5. The number of rotatable bonds is 7. The summed E-state index contributed by atoms with van der Waals surface area (Å²) in [6, 6.07) is 6.12. The van der Waals surface area contributed by atoms with Gasteiger partial charge in [0.2, 0.25) is 5.91 Å². The van der Waals surface area contributed by atoms with E-state index >= 15 is 0 Å².